The van der Waals surface area contributed by atoms with Crippen molar-refractivity contribution in [1.82, 2.24) is 0 Å². The average Bonchev–Trinajstić information content (AvgIpc) is 3.28. The standard InChI is InChI=1S/C27H22NO4.ClH/c1-28-14-22-19(10-11-23(27(22)29-2)30-15-17-6-4-3-5-7-17)20-9-8-18-12-24-25(32-16-31-24)13-21(18)26(20)28;/h3-14H,15-16H2,1-2H3;1H/q+1;/p-1. The summed E-state index contributed by atoms with van der Waals surface area (Å²) in [5.41, 5.74) is 2.25. The minimum atomic E-state index is 0. The number of benzene rings is 4. The Labute approximate surface area is 197 Å². The zero-order chi connectivity index (χ0) is 21.7. The highest BCUT2D eigenvalue weighted by Gasteiger charge is 2.22. The first kappa shape index (κ1) is 21.2. The van der Waals surface area contributed by atoms with Crippen LogP contribution in [0.15, 0.2) is 72.9 Å². The molecule has 0 N–H and O–H groups in total. The second-order valence-electron chi connectivity index (χ2n) is 7.96. The first-order valence-electron chi connectivity index (χ1n) is 10.5. The third kappa shape index (κ3) is 3.45. The van der Waals surface area contributed by atoms with Gasteiger partial charge < -0.3 is 31.4 Å². The van der Waals surface area contributed by atoms with Crippen LogP contribution in [-0.2, 0) is 13.7 Å². The van der Waals surface area contributed by atoms with Crippen LogP contribution in [0, 0.1) is 0 Å². The number of aryl methyl sites for hydroxylation is 1. The Kier molecular flexibility index (Phi) is 5.35. The van der Waals surface area contributed by atoms with Gasteiger partial charge in [-0.1, -0.05) is 36.4 Å². The van der Waals surface area contributed by atoms with Crippen molar-refractivity contribution in [3.8, 4) is 23.0 Å². The summed E-state index contributed by atoms with van der Waals surface area (Å²) in [6, 6.07) is 22.6. The van der Waals surface area contributed by atoms with Crippen molar-refractivity contribution in [1.29, 1.82) is 0 Å². The summed E-state index contributed by atoms with van der Waals surface area (Å²) in [4.78, 5) is 0. The molecule has 0 spiro atoms. The number of methoxy groups -OCH3 is 1. The van der Waals surface area contributed by atoms with E-state index in [1.807, 2.05) is 30.3 Å². The van der Waals surface area contributed by atoms with E-state index in [0.29, 0.717) is 6.61 Å². The summed E-state index contributed by atoms with van der Waals surface area (Å²) in [6.07, 6.45) is 2.11. The summed E-state index contributed by atoms with van der Waals surface area (Å²) in [7, 11) is 3.75. The van der Waals surface area contributed by atoms with Crippen LogP contribution in [0.3, 0.4) is 0 Å². The van der Waals surface area contributed by atoms with Gasteiger partial charge in [-0.2, -0.15) is 4.57 Å². The molecule has 33 heavy (non-hydrogen) atoms. The fourth-order valence-electron chi connectivity index (χ4n) is 4.56. The average molecular weight is 460 g/mol. The Morgan fingerprint density at radius 3 is 2.39 bits per heavy atom. The third-order valence-electron chi connectivity index (χ3n) is 6.05. The van der Waals surface area contributed by atoms with Crippen molar-refractivity contribution in [2.45, 2.75) is 6.61 Å². The van der Waals surface area contributed by atoms with Crippen molar-refractivity contribution >= 4 is 32.4 Å². The van der Waals surface area contributed by atoms with E-state index in [2.05, 4.69) is 54.2 Å². The molecule has 0 unspecified atom stereocenters. The summed E-state index contributed by atoms with van der Waals surface area (Å²) >= 11 is 0. The number of aromatic nitrogens is 1. The van der Waals surface area contributed by atoms with E-state index in [9.17, 15) is 0 Å². The maximum absolute atomic E-state index is 6.13. The maximum Gasteiger partial charge on any atom is 0.231 e. The van der Waals surface area contributed by atoms with Gasteiger partial charge in [0.2, 0.25) is 12.3 Å². The van der Waals surface area contributed by atoms with E-state index >= 15 is 0 Å². The molecule has 5 aromatic rings. The predicted octanol–water partition coefficient (Wildman–Crippen LogP) is 2.29. The Morgan fingerprint density at radius 1 is 0.848 bits per heavy atom. The van der Waals surface area contributed by atoms with Gasteiger partial charge in [0.15, 0.2) is 29.2 Å². The van der Waals surface area contributed by atoms with Gasteiger partial charge in [-0.3, -0.25) is 0 Å². The molecule has 2 heterocycles. The highest BCUT2D eigenvalue weighted by molar-refractivity contribution is 6.15. The zero-order valence-corrected chi connectivity index (χ0v) is 19.1. The quantitative estimate of drug-likeness (QED) is 0.305. The molecule has 6 rings (SSSR count). The first-order valence-corrected chi connectivity index (χ1v) is 10.5. The van der Waals surface area contributed by atoms with Gasteiger partial charge in [-0.15, -0.1) is 0 Å². The number of halogens is 1. The molecule has 1 aliphatic rings. The summed E-state index contributed by atoms with van der Waals surface area (Å²) in [6.45, 7) is 0.752. The smallest absolute Gasteiger partial charge is 0.231 e. The molecule has 0 bridgehead atoms. The molecule has 0 fully saturated rings. The lowest BCUT2D eigenvalue weighted by Gasteiger charge is -2.14. The fraction of sp³-hybridized carbons (Fsp3) is 0.148. The van der Waals surface area contributed by atoms with E-state index in [0.717, 1.165) is 61.0 Å². The van der Waals surface area contributed by atoms with Crippen LogP contribution in [-0.4, -0.2) is 13.9 Å². The normalized spacial score (nSPS) is 12.2. The molecule has 5 nitrogen and oxygen atoms in total. The molecule has 0 amide bonds. The highest BCUT2D eigenvalue weighted by Crippen LogP contribution is 2.41. The summed E-state index contributed by atoms with van der Waals surface area (Å²) < 4.78 is 25.3. The lowest BCUT2D eigenvalue weighted by atomic mass is 10.00. The van der Waals surface area contributed by atoms with Crippen molar-refractivity contribution in [3.63, 3.8) is 0 Å². The van der Waals surface area contributed by atoms with Crippen LogP contribution >= 0.6 is 0 Å². The van der Waals surface area contributed by atoms with E-state index in [4.69, 9.17) is 18.9 Å². The van der Waals surface area contributed by atoms with Crippen molar-refractivity contribution in [2.75, 3.05) is 13.9 Å². The maximum atomic E-state index is 6.13. The molecule has 0 radical (unpaired) electrons. The van der Waals surface area contributed by atoms with E-state index in [-0.39, 0.29) is 19.2 Å². The van der Waals surface area contributed by atoms with Gasteiger partial charge in [-0.05, 0) is 41.3 Å². The molecule has 1 aromatic heterocycles. The number of nitrogens with zero attached hydrogens (tertiary/aromatic N) is 1. The van der Waals surface area contributed by atoms with Crippen LogP contribution < -0.4 is 35.9 Å². The van der Waals surface area contributed by atoms with Crippen LogP contribution in [0.2, 0.25) is 0 Å². The Morgan fingerprint density at radius 2 is 1.61 bits per heavy atom. The van der Waals surface area contributed by atoms with Gasteiger partial charge in [0.1, 0.15) is 13.7 Å². The van der Waals surface area contributed by atoms with Crippen molar-refractivity contribution in [2.24, 2.45) is 7.05 Å². The van der Waals surface area contributed by atoms with Crippen LogP contribution in [0.1, 0.15) is 5.56 Å². The number of fused-ring (bicyclic) bond motifs is 6. The van der Waals surface area contributed by atoms with Gasteiger partial charge in [0.25, 0.3) is 0 Å². The number of hydrogen-bond donors (Lipinski definition) is 0. The molecule has 1 aliphatic heterocycles. The summed E-state index contributed by atoms with van der Waals surface area (Å²) in [5.74, 6) is 3.04. The second kappa shape index (κ2) is 8.34. The monoisotopic (exact) mass is 459 g/mol. The second-order valence-corrected chi connectivity index (χ2v) is 7.96. The van der Waals surface area contributed by atoms with Gasteiger partial charge in [-0.25, -0.2) is 0 Å². The molecule has 0 aliphatic carbocycles. The fourth-order valence-corrected chi connectivity index (χ4v) is 4.56. The van der Waals surface area contributed by atoms with E-state index < -0.39 is 0 Å². The number of pyridine rings is 1. The summed E-state index contributed by atoms with van der Waals surface area (Å²) in [5, 5.41) is 5.50. The third-order valence-corrected chi connectivity index (χ3v) is 6.05. The number of rotatable bonds is 4. The van der Waals surface area contributed by atoms with Gasteiger partial charge >= 0.3 is 0 Å². The molecular formula is C27H22ClNO4. The molecule has 166 valence electrons. The molecule has 0 atom stereocenters. The lowest BCUT2D eigenvalue weighted by Crippen LogP contribution is -3.00. The molecular weight excluding hydrogens is 438 g/mol. The zero-order valence-electron chi connectivity index (χ0n) is 18.3. The SMILES string of the molecule is COc1c(OCc2ccccc2)ccc2c1c[n+](C)c1c3cc4c(cc3ccc21)OCO4.[Cl-]. The minimum Gasteiger partial charge on any atom is -1.00 e. The largest absolute Gasteiger partial charge is 1.00 e. The first-order chi connectivity index (χ1) is 15.7. The molecule has 6 heteroatoms. The van der Waals surface area contributed by atoms with Crippen LogP contribution in [0.25, 0.3) is 32.4 Å². The Hall–Kier alpha value is -3.70. The molecule has 4 aromatic carbocycles. The van der Waals surface area contributed by atoms with Crippen LogP contribution in [0.5, 0.6) is 23.0 Å². The predicted molar refractivity (Wildman–Crippen MR) is 124 cm³/mol. The number of ether oxygens (including phenoxy) is 4. The van der Waals surface area contributed by atoms with E-state index in [1.54, 1.807) is 7.11 Å². The van der Waals surface area contributed by atoms with Crippen molar-refractivity contribution in [3.05, 3.63) is 78.5 Å². The Balaban J connectivity index is 0.00000228. The highest BCUT2D eigenvalue weighted by atomic mass is 35.5. The van der Waals surface area contributed by atoms with Gasteiger partial charge in [0, 0.05) is 5.39 Å². The van der Waals surface area contributed by atoms with Gasteiger partial charge in [0.05, 0.1) is 23.3 Å². The Bertz CT molecular complexity index is 1500. The molecule has 0 saturated carbocycles. The molecule has 0 saturated heterocycles. The minimum absolute atomic E-state index is 0. The van der Waals surface area contributed by atoms with Crippen molar-refractivity contribution < 1.29 is 35.9 Å². The topological polar surface area (TPSA) is 40.8 Å². The lowest BCUT2D eigenvalue weighted by molar-refractivity contribution is -0.642. The van der Waals surface area contributed by atoms with E-state index in [1.165, 1.54) is 0 Å². The van der Waals surface area contributed by atoms with Crippen LogP contribution in [0.4, 0.5) is 0 Å². The number of hydrogen-bond acceptors (Lipinski definition) is 4.